The summed E-state index contributed by atoms with van der Waals surface area (Å²) in [5.41, 5.74) is 1.76. The predicted molar refractivity (Wildman–Crippen MR) is 72.5 cm³/mol. The van der Waals surface area contributed by atoms with Gasteiger partial charge in [0.1, 0.15) is 0 Å². The molecule has 0 saturated heterocycles. The van der Waals surface area contributed by atoms with E-state index < -0.39 is 0 Å². The van der Waals surface area contributed by atoms with Gasteiger partial charge < -0.3 is 5.32 Å². The van der Waals surface area contributed by atoms with E-state index in [9.17, 15) is 0 Å². The zero-order valence-electron chi connectivity index (χ0n) is 9.67. The maximum atomic E-state index is 6.18. The quantitative estimate of drug-likeness (QED) is 0.916. The Morgan fingerprint density at radius 2 is 2.12 bits per heavy atom. The lowest BCUT2D eigenvalue weighted by Crippen LogP contribution is -2.05. The zero-order valence-corrected chi connectivity index (χ0v) is 11.2. The zero-order chi connectivity index (χ0) is 12.4. The molecule has 1 heterocycles. The summed E-state index contributed by atoms with van der Waals surface area (Å²) in [6.45, 7) is 4.76. The molecule has 3 nitrogen and oxygen atoms in total. The molecule has 1 aromatic carbocycles. The van der Waals surface area contributed by atoms with Gasteiger partial charge in [0.25, 0.3) is 0 Å². The number of aryl methyl sites for hydroxylation is 1. The van der Waals surface area contributed by atoms with Crippen LogP contribution in [0.2, 0.25) is 10.0 Å². The summed E-state index contributed by atoms with van der Waals surface area (Å²) < 4.78 is 1.91. The minimum Gasteiger partial charge on any atom is -0.356 e. The average Bonchev–Trinajstić information content (AvgIpc) is 2.64. The van der Waals surface area contributed by atoms with Gasteiger partial charge in [0.15, 0.2) is 0 Å². The van der Waals surface area contributed by atoms with Crippen molar-refractivity contribution in [1.29, 1.82) is 0 Å². The fourth-order valence-corrected chi connectivity index (χ4v) is 2.01. The van der Waals surface area contributed by atoms with Crippen LogP contribution < -0.4 is 5.32 Å². The molecular weight excluding hydrogens is 257 g/mol. The van der Waals surface area contributed by atoms with Gasteiger partial charge in [-0.15, -0.1) is 0 Å². The monoisotopic (exact) mass is 269 g/mol. The molecule has 90 valence electrons. The van der Waals surface area contributed by atoms with Crippen LogP contribution in [0.4, 0.5) is 5.95 Å². The molecule has 1 N–H and O–H groups in total. The molecule has 0 aliphatic rings. The van der Waals surface area contributed by atoms with Crippen LogP contribution in [-0.4, -0.2) is 16.1 Å². The first-order chi connectivity index (χ1) is 8.11. The lowest BCUT2D eigenvalue weighted by molar-refractivity contribution is 1.02. The van der Waals surface area contributed by atoms with Crippen molar-refractivity contribution >= 4 is 29.2 Å². The molecule has 0 saturated carbocycles. The molecule has 0 atom stereocenters. The summed E-state index contributed by atoms with van der Waals surface area (Å²) in [5.74, 6) is 0.772. The van der Waals surface area contributed by atoms with Gasteiger partial charge in [-0.3, -0.25) is 4.57 Å². The van der Waals surface area contributed by atoms with Gasteiger partial charge >= 0.3 is 0 Å². The largest absolute Gasteiger partial charge is 0.356 e. The van der Waals surface area contributed by atoms with Crippen LogP contribution in [0.25, 0.3) is 5.69 Å². The molecule has 17 heavy (non-hydrogen) atoms. The molecule has 2 aromatic rings. The van der Waals surface area contributed by atoms with Crippen LogP contribution >= 0.6 is 23.2 Å². The van der Waals surface area contributed by atoms with Crippen LogP contribution in [0.5, 0.6) is 0 Å². The summed E-state index contributed by atoms with van der Waals surface area (Å²) in [6.07, 6.45) is 1.93. The fraction of sp³-hybridized carbons (Fsp3) is 0.250. The third-order valence-electron chi connectivity index (χ3n) is 2.33. The molecule has 5 heteroatoms. The Balaban J connectivity index is 2.55. The third kappa shape index (κ3) is 2.56. The van der Waals surface area contributed by atoms with E-state index in [1.165, 1.54) is 0 Å². The summed E-state index contributed by atoms with van der Waals surface area (Å²) >= 11 is 12.2. The Hall–Kier alpha value is -1.19. The van der Waals surface area contributed by atoms with Crippen molar-refractivity contribution in [2.45, 2.75) is 13.8 Å². The number of halogens is 2. The van der Waals surface area contributed by atoms with E-state index in [1.54, 1.807) is 12.1 Å². The molecule has 0 radical (unpaired) electrons. The second kappa shape index (κ2) is 4.98. The predicted octanol–water partition coefficient (Wildman–Crippen LogP) is 3.92. The summed E-state index contributed by atoms with van der Waals surface area (Å²) in [7, 11) is 0. The standard InChI is InChI=1S/C12H13Cl2N3/c1-3-15-12-16-8(2)7-17(12)11-6-9(13)4-5-10(11)14/h4-7H,3H2,1-2H3,(H,15,16). The average molecular weight is 270 g/mol. The van der Waals surface area contributed by atoms with Gasteiger partial charge in [0.05, 0.1) is 16.4 Å². The van der Waals surface area contributed by atoms with E-state index in [0.29, 0.717) is 10.0 Å². The van der Waals surface area contributed by atoms with Crippen LogP contribution in [0.3, 0.4) is 0 Å². The van der Waals surface area contributed by atoms with Gasteiger partial charge in [-0.05, 0) is 32.0 Å². The highest BCUT2D eigenvalue weighted by Gasteiger charge is 2.10. The number of nitrogens with one attached hydrogen (secondary N) is 1. The Kier molecular flexibility index (Phi) is 3.60. The lowest BCUT2D eigenvalue weighted by Gasteiger charge is -2.10. The molecule has 0 amide bonds. The first kappa shape index (κ1) is 12.3. The van der Waals surface area contributed by atoms with Crippen LogP contribution in [-0.2, 0) is 0 Å². The Morgan fingerprint density at radius 1 is 1.35 bits per heavy atom. The Morgan fingerprint density at radius 3 is 2.82 bits per heavy atom. The van der Waals surface area contributed by atoms with Crippen LogP contribution in [0, 0.1) is 6.92 Å². The molecular formula is C12H13Cl2N3. The molecule has 1 aromatic heterocycles. The molecule has 0 spiro atoms. The highest BCUT2D eigenvalue weighted by Crippen LogP contribution is 2.27. The number of nitrogens with zero attached hydrogens (tertiary/aromatic N) is 2. The number of rotatable bonds is 3. The van der Waals surface area contributed by atoms with Crippen LogP contribution in [0.15, 0.2) is 24.4 Å². The second-order valence-corrected chi connectivity index (χ2v) is 4.55. The minimum atomic E-state index is 0.644. The molecule has 0 aliphatic heterocycles. The van der Waals surface area contributed by atoms with E-state index in [-0.39, 0.29) is 0 Å². The van der Waals surface area contributed by atoms with Crippen molar-refractivity contribution in [2.75, 3.05) is 11.9 Å². The molecule has 0 fully saturated rings. The maximum absolute atomic E-state index is 6.18. The van der Waals surface area contributed by atoms with Crippen molar-refractivity contribution in [3.05, 3.63) is 40.1 Å². The van der Waals surface area contributed by atoms with Crippen LogP contribution in [0.1, 0.15) is 12.6 Å². The van der Waals surface area contributed by atoms with Gasteiger partial charge in [-0.1, -0.05) is 23.2 Å². The topological polar surface area (TPSA) is 29.9 Å². The van der Waals surface area contributed by atoms with E-state index >= 15 is 0 Å². The number of hydrogen-bond donors (Lipinski definition) is 1. The maximum Gasteiger partial charge on any atom is 0.207 e. The smallest absolute Gasteiger partial charge is 0.207 e. The summed E-state index contributed by atoms with van der Waals surface area (Å²) in [6, 6.07) is 5.38. The van der Waals surface area contributed by atoms with Gasteiger partial charge in [0, 0.05) is 17.8 Å². The SMILES string of the molecule is CCNc1nc(C)cn1-c1cc(Cl)ccc1Cl. The van der Waals surface area contributed by atoms with E-state index in [0.717, 1.165) is 23.9 Å². The fourth-order valence-electron chi connectivity index (χ4n) is 1.63. The number of imidazole rings is 1. The molecule has 0 aliphatic carbocycles. The highest BCUT2D eigenvalue weighted by molar-refractivity contribution is 6.34. The summed E-state index contributed by atoms with van der Waals surface area (Å²) in [4.78, 5) is 4.40. The summed E-state index contributed by atoms with van der Waals surface area (Å²) in [5, 5.41) is 4.49. The van der Waals surface area contributed by atoms with Crippen molar-refractivity contribution in [3.8, 4) is 5.69 Å². The Bertz CT molecular complexity index is 535. The van der Waals surface area contributed by atoms with Crippen molar-refractivity contribution in [1.82, 2.24) is 9.55 Å². The van der Waals surface area contributed by atoms with E-state index in [4.69, 9.17) is 23.2 Å². The molecule has 2 rings (SSSR count). The normalized spacial score (nSPS) is 10.6. The number of hydrogen-bond acceptors (Lipinski definition) is 2. The van der Waals surface area contributed by atoms with E-state index in [1.807, 2.05) is 30.7 Å². The minimum absolute atomic E-state index is 0.644. The van der Waals surface area contributed by atoms with Crippen molar-refractivity contribution < 1.29 is 0 Å². The first-order valence-electron chi connectivity index (χ1n) is 5.37. The van der Waals surface area contributed by atoms with E-state index in [2.05, 4.69) is 10.3 Å². The van der Waals surface area contributed by atoms with Crippen molar-refractivity contribution in [2.24, 2.45) is 0 Å². The number of aromatic nitrogens is 2. The lowest BCUT2D eigenvalue weighted by atomic mass is 10.3. The number of benzene rings is 1. The Labute approximate surface area is 110 Å². The van der Waals surface area contributed by atoms with Crippen molar-refractivity contribution in [3.63, 3.8) is 0 Å². The van der Waals surface area contributed by atoms with Gasteiger partial charge in [0.2, 0.25) is 5.95 Å². The second-order valence-electron chi connectivity index (χ2n) is 3.70. The molecule has 0 bridgehead atoms. The van der Waals surface area contributed by atoms with Gasteiger partial charge in [-0.2, -0.15) is 0 Å². The van der Waals surface area contributed by atoms with Gasteiger partial charge in [-0.25, -0.2) is 4.98 Å². The first-order valence-corrected chi connectivity index (χ1v) is 6.12. The third-order valence-corrected chi connectivity index (χ3v) is 2.88. The number of anilines is 1. The highest BCUT2D eigenvalue weighted by atomic mass is 35.5. The molecule has 0 unspecified atom stereocenters.